The molecule has 1 aliphatic rings. The van der Waals surface area contributed by atoms with Crippen molar-refractivity contribution in [2.75, 3.05) is 51.3 Å². The molecule has 0 aliphatic carbocycles. The number of pyridine rings is 1. The van der Waals surface area contributed by atoms with Crippen molar-refractivity contribution in [3.8, 4) is 28.0 Å². The monoisotopic (exact) mass is 469 g/mol. The van der Waals surface area contributed by atoms with Crippen LogP contribution in [0.2, 0.25) is 0 Å². The van der Waals surface area contributed by atoms with E-state index in [0.717, 1.165) is 66.1 Å². The van der Waals surface area contributed by atoms with Crippen LogP contribution in [0.3, 0.4) is 0 Å². The highest BCUT2D eigenvalue weighted by atomic mass is 16.5. The third kappa shape index (κ3) is 4.90. The van der Waals surface area contributed by atoms with Crippen LogP contribution >= 0.6 is 0 Å². The highest BCUT2D eigenvalue weighted by Crippen LogP contribution is 2.35. The molecule has 1 saturated heterocycles. The molecule has 4 aromatic rings. The summed E-state index contributed by atoms with van der Waals surface area (Å²) in [5.74, 6) is 0.868. The van der Waals surface area contributed by atoms with E-state index in [2.05, 4.69) is 66.0 Å². The largest absolute Gasteiger partial charge is 0.494 e. The molecule has 35 heavy (non-hydrogen) atoms. The number of anilines is 1. The van der Waals surface area contributed by atoms with Gasteiger partial charge < -0.3 is 25.3 Å². The summed E-state index contributed by atoms with van der Waals surface area (Å²) < 4.78 is 5.76. The number of piperazine rings is 1. The van der Waals surface area contributed by atoms with Crippen molar-refractivity contribution in [2.45, 2.75) is 20.3 Å². The smallest absolute Gasteiger partial charge is 0.137 e. The molecule has 0 unspecified atom stereocenters. The Balaban J connectivity index is 1.44. The Labute approximate surface area is 207 Å². The number of hydrogen-bond donors (Lipinski definition) is 2. The summed E-state index contributed by atoms with van der Waals surface area (Å²) in [6.45, 7) is 10.1. The summed E-state index contributed by atoms with van der Waals surface area (Å²) in [6, 6.07) is 15.1. The van der Waals surface area contributed by atoms with E-state index in [1.807, 2.05) is 24.5 Å². The molecule has 5 rings (SSSR count). The molecular formula is C29H35N5O. The molecule has 6 heteroatoms. The molecule has 0 saturated carbocycles. The minimum Gasteiger partial charge on any atom is -0.494 e. The molecule has 0 radical (unpaired) electrons. The molecule has 0 spiro atoms. The Morgan fingerprint density at radius 2 is 1.66 bits per heavy atom. The topological polar surface area (TPSA) is 70.4 Å². The minimum absolute atomic E-state index is 0.639. The summed E-state index contributed by atoms with van der Waals surface area (Å²) in [5, 5.41) is 1.12. The number of nitrogens with two attached hydrogens (primary N) is 1. The van der Waals surface area contributed by atoms with Crippen LogP contribution in [-0.4, -0.2) is 61.2 Å². The zero-order valence-corrected chi connectivity index (χ0v) is 21.0. The zero-order chi connectivity index (χ0) is 24.4. The van der Waals surface area contributed by atoms with Crippen molar-refractivity contribution in [3.05, 3.63) is 66.0 Å². The lowest BCUT2D eigenvalue weighted by Crippen LogP contribution is -2.45. The number of aromatic nitrogens is 2. The van der Waals surface area contributed by atoms with E-state index in [0.29, 0.717) is 13.2 Å². The third-order valence-corrected chi connectivity index (χ3v) is 6.96. The van der Waals surface area contributed by atoms with E-state index in [9.17, 15) is 0 Å². The van der Waals surface area contributed by atoms with Gasteiger partial charge in [0.15, 0.2) is 0 Å². The first kappa shape index (κ1) is 23.4. The van der Waals surface area contributed by atoms with Crippen molar-refractivity contribution >= 4 is 16.7 Å². The van der Waals surface area contributed by atoms with Gasteiger partial charge in [0.2, 0.25) is 0 Å². The molecule has 1 aliphatic heterocycles. The number of aromatic amines is 1. The van der Waals surface area contributed by atoms with Crippen LogP contribution in [-0.2, 0) is 0 Å². The number of ether oxygens (including phenoxy) is 1. The van der Waals surface area contributed by atoms with Crippen molar-refractivity contribution in [3.63, 3.8) is 0 Å². The van der Waals surface area contributed by atoms with Gasteiger partial charge in [0.05, 0.1) is 6.61 Å². The number of aryl methyl sites for hydroxylation is 2. The maximum Gasteiger partial charge on any atom is 0.137 e. The maximum absolute atomic E-state index is 5.76. The van der Waals surface area contributed by atoms with Crippen molar-refractivity contribution in [1.82, 2.24) is 14.9 Å². The van der Waals surface area contributed by atoms with E-state index >= 15 is 0 Å². The fourth-order valence-corrected chi connectivity index (χ4v) is 5.06. The van der Waals surface area contributed by atoms with Crippen molar-refractivity contribution in [2.24, 2.45) is 5.73 Å². The van der Waals surface area contributed by atoms with Crippen molar-refractivity contribution < 1.29 is 4.74 Å². The highest BCUT2D eigenvalue weighted by Gasteiger charge is 2.19. The average molecular weight is 470 g/mol. The Kier molecular flexibility index (Phi) is 6.75. The summed E-state index contributed by atoms with van der Waals surface area (Å²) >= 11 is 0. The number of benzene rings is 2. The van der Waals surface area contributed by atoms with Crippen LogP contribution < -0.4 is 15.4 Å². The van der Waals surface area contributed by atoms with Gasteiger partial charge in [-0.3, -0.25) is 0 Å². The van der Waals surface area contributed by atoms with Gasteiger partial charge in [-0.25, -0.2) is 4.98 Å². The Bertz CT molecular complexity index is 1280. The van der Waals surface area contributed by atoms with Gasteiger partial charge in [-0.1, -0.05) is 12.1 Å². The lowest BCUT2D eigenvalue weighted by atomic mass is 9.97. The van der Waals surface area contributed by atoms with Crippen LogP contribution in [0.1, 0.15) is 17.5 Å². The first-order valence-electron chi connectivity index (χ1n) is 12.5. The van der Waals surface area contributed by atoms with E-state index in [1.54, 1.807) is 0 Å². The standard InChI is InChI=1S/C29H35N5O/c1-20-15-23(16-21(2)28(20)34-12-10-33(3)11-13-34)24-17-26-27(19-32-29(26)31-18-24)22-5-7-25(8-6-22)35-14-4-9-30/h5-8,15-19H,4,9-14,30H2,1-3H3,(H,31,32). The average Bonchev–Trinajstić information content (AvgIpc) is 3.29. The number of likely N-dealkylation sites (N-methyl/N-ethyl adjacent to an activating group) is 1. The second-order valence-corrected chi connectivity index (χ2v) is 9.59. The summed E-state index contributed by atoms with van der Waals surface area (Å²) in [4.78, 5) is 13.0. The molecule has 0 atom stereocenters. The van der Waals surface area contributed by atoms with Gasteiger partial charge in [0.1, 0.15) is 11.4 Å². The molecule has 182 valence electrons. The van der Waals surface area contributed by atoms with E-state index in [4.69, 9.17) is 15.5 Å². The summed E-state index contributed by atoms with van der Waals surface area (Å²) in [5.41, 5.74) is 15.1. The predicted octanol–water partition coefficient (Wildman–Crippen LogP) is 4.99. The number of fused-ring (bicyclic) bond motifs is 1. The van der Waals surface area contributed by atoms with Gasteiger partial charge >= 0.3 is 0 Å². The fourth-order valence-electron chi connectivity index (χ4n) is 5.06. The molecule has 0 bridgehead atoms. The molecule has 0 amide bonds. The second-order valence-electron chi connectivity index (χ2n) is 9.59. The van der Waals surface area contributed by atoms with Gasteiger partial charge in [0.25, 0.3) is 0 Å². The molecule has 2 aromatic carbocycles. The van der Waals surface area contributed by atoms with Gasteiger partial charge in [-0.05, 0) is 86.4 Å². The zero-order valence-electron chi connectivity index (χ0n) is 21.0. The SMILES string of the molecule is Cc1cc(-c2cnc3[nH]cc(-c4ccc(OCCCN)cc4)c3c2)cc(C)c1N1CCN(C)CC1. The predicted molar refractivity (Wildman–Crippen MR) is 145 cm³/mol. The first-order valence-corrected chi connectivity index (χ1v) is 12.5. The number of nitrogens with zero attached hydrogens (tertiary/aromatic N) is 3. The van der Waals surface area contributed by atoms with E-state index in [-0.39, 0.29) is 0 Å². The number of nitrogens with one attached hydrogen (secondary N) is 1. The number of hydrogen-bond acceptors (Lipinski definition) is 5. The van der Waals surface area contributed by atoms with Crippen LogP contribution in [0, 0.1) is 13.8 Å². The van der Waals surface area contributed by atoms with Gasteiger partial charge in [0, 0.05) is 60.8 Å². The van der Waals surface area contributed by atoms with Crippen LogP contribution in [0.4, 0.5) is 5.69 Å². The van der Waals surface area contributed by atoms with Crippen molar-refractivity contribution in [1.29, 1.82) is 0 Å². The second kappa shape index (κ2) is 10.1. The molecule has 2 aromatic heterocycles. The molecule has 6 nitrogen and oxygen atoms in total. The molecule has 3 N–H and O–H groups in total. The summed E-state index contributed by atoms with van der Waals surface area (Å²) in [7, 11) is 2.20. The van der Waals surface area contributed by atoms with Crippen LogP contribution in [0.15, 0.2) is 54.9 Å². The number of H-pyrrole nitrogens is 1. The Morgan fingerprint density at radius 1 is 0.943 bits per heavy atom. The fraction of sp³-hybridized carbons (Fsp3) is 0.345. The lowest BCUT2D eigenvalue weighted by Gasteiger charge is -2.36. The van der Waals surface area contributed by atoms with E-state index in [1.165, 1.54) is 22.4 Å². The summed E-state index contributed by atoms with van der Waals surface area (Å²) in [6.07, 6.45) is 4.87. The molecule has 3 heterocycles. The highest BCUT2D eigenvalue weighted by molar-refractivity contribution is 5.96. The van der Waals surface area contributed by atoms with Gasteiger partial charge in [-0.15, -0.1) is 0 Å². The third-order valence-electron chi connectivity index (χ3n) is 6.96. The minimum atomic E-state index is 0.639. The Hall–Kier alpha value is -3.35. The number of rotatable bonds is 7. The maximum atomic E-state index is 5.76. The quantitative estimate of drug-likeness (QED) is 0.373. The normalized spacial score (nSPS) is 14.6. The first-order chi connectivity index (χ1) is 17.0. The molecular weight excluding hydrogens is 434 g/mol. The lowest BCUT2D eigenvalue weighted by molar-refractivity contribution is 0.312. The van der Waals surface area contributed by atoms with Crippen LogP contribution in [0.25, 0.3) is 33.3 Å². The van der Waals surface area contributed by atoms with Gasteiger partial charge in [-0.2, -0.15) is 0 Å². The van der Waals surface area contributed by atoms with E-state index < -0.39 is 0 Å². The van der Waals surface area contributed by atoms with Crippen LogP contribution in [0.5, 0.6) is 5.75 Å². The Morgan fingerprint density at radius 3 is 2.34 bits per heavy atom. The molecule has 1 fully saturated rings.